The molecule has 2 N–H and O–H groups in total. The number of phenolic OH excluding ortho intramolecular Hbond substituents is 2. The highest BCUT2D eigenvalue weighted by Gasteiger charge is 2.22. The molecule has 1 aliphatic heterocycles. The fourth-order valence-electron chi connectivity index (χ4n) is 1.33. The first-order valence-corrected chi connectivity index (χ1v) is 4.58. The van der Waals surface area contributed by atoms with E-state index in [0.717, 1.165) is 0 Å². The van der Waals surface area contributed by atoms with Crippen molar-refractivity contribution < 1.29 is 19.8 Å². The Kier molecular flexibility index (Phi) is 2.36. The summed E-state index contributed by atoms with van der Waals surface area (Å²) in [6.07, 6.45) is 1.42. The van der Waals surface area contributed by atoms with Gasteiger partial charge in [-0.3, -0.25) is 0 Å². The van der Waals surface area contributed by atoms with Crippen molar-refractivity contribution in [1.82, 2.24) is 0 Å². The molecule has 0 aliphatic carbocycles. The highest BCUT2D eigenvalue weighted by molar-refractivity contribution is 6.24. The Morgan fingerprint density at radius 3 is 2.75 bits per heavy atom. The van der Waals surface area contributed by atoms with Gasteiger partial charge in [0.25, 0.3) is 0 Å². The second kappa shape index (κ2) is 3.69. The molecule has 1 aromatic rings. The van der Waals surface area contributed by atoms with Gasteiger partial charge in [0, 0.05) is 5.56 Å². The predicted octanol–water partition coefficient (Wildman–Crippen LogP) is 1.41. The molecule has 0 saturated heterocycles. The van der Waals surface area contributed by atoms with Gasteiger partial charge in [-0.15, -0.1) is 0 Å². The quantitative estimate of drug-likeness (QED) is 0.425. The number of hydrogen-bond acceptors (Lipinski definition) is 5. The average Bonchev–Trinajstić information content (AvgIpc) is 2.55. The summed E-state index contributed by atoms with van der Waals surface area (Å²) in [5.41, 5.74) is 1.04. The van der Waals surface area contributed by atoms with Crippen LogP contribution in [0.2, 0.25) is 0 Å². The highest BCUT2D eigenvalue weighted by atomic mass is 16.7. The molecule has 5 heteroatoms. The summed E-state index contributed by atoms with van der Waals surface area (Å²) in [6, 6.07) is 4.04. The second-order valence-corrected chi connectivity index (χ2v) is 3.36. The zero-order chi connectivity index (χ0) is 11.7. The number of hydrogen-bond donors (Lipinski definition) is 2. The minimum absolute atomic E-state index is 0.00519. The Morgan fingerprint density at radius 1 is 1.38 bits per heavy atom. The molecule has 2 rings (SSSR count). The van der Waals surface area contributed by atoms with Crippen molar-refractivity contribution in [2.24, 2.45) is 5.16 Å². The Bertz CT molecular complexity index is 517. The van der Waals surface area contributed by atoms with E-state index in [1.165, 1.54) is 24.3 Å². The lowest BCUT2D eigenvalue weighted by Gasteiger charge is -2.00. The van der Waals surface area contributed by atoms with Gasteiger partial charge in [0.15, 0.2) is 0 Å². The molecule has 0 fully saturated rings. The van der Waals surface area contributed by atoms with E-state index in [1.807, 2.05) is 0 Å². The van der Waals surface area contributed by atoms with Gasteiger partial charge in [0.1, 0.15) is 11.5 Å². The molecule has 0 bridgehead atoms. The Morgan fingerprint density at radius 2 is 2.12 bits per heavy atom. The van der Waals surface area contributed by atoms with Crippen LogP contribution in [0.1, 0.15) is 12.5 Å². The van der Waals surface area contributed by atoms with Crippen LogP contribution in [0, 0.1) is 0 Å². The Balaban J connectivity index is 2.46. The summed E-state index contributed by atoms with van der Waals surface area (Å²) in [6.45, 7) is 1.62. The van der Waals surface area contributed by atoms with Gasteiger partial charge in [-0.2, -0.15) is 0 Å². The number of carbonyl (C=O) groups is 1. The topological polar surface area (TPSA) is 79.1 Å². The van der Waals surface area contributed by atoms with E-state index in [0.29, 0.717) is 11.3 Å². The minimum atomic E-state index is -0.569. The smallest absolute Gasteiger partial charge is 0.367 e. The number of benzene rings is 1. The van der Waals surface area contributed by atoms with Crippen molar-refractivity contribution in [2.45, 2.75) is 6.92 Å². The van der Waals surface area contributed by atoms with Gasteiger partial charge in [-0.1, -0.05) is 5.16 Å². The summed E-state index contributed by atoms with van der Waals surface area (Å²) in [5.74, 6) is -0.594. The number of nitrogens with zero attached hydrogens (tertiary/aromatic N) is 1. The molecule has 0 amide bonds. The Labute approximate surface area is 91.3 Å². The zero-order valence-electron chi connectivity index (χ0n) is 8.47. The first kappa shape index (κ1) is 10.2. The second-order valence-electron chi connectivity index (χ2n) is 3.36. The summed E-state index contributed by atoms with van der Waals surface area (Å²) in [4.78, 5) is 15.7. The number of aromatic hydroxyl groups is 2. The van der Waals surface area contributed by atoms with E-state index >= 15 is 0 Å². The van der Waals surface area contributed by atoms with E-state index in [9.17, 15) is 15.0 Å². The van der Waals surface area contributed by atoms with E-state index in [2.05, 4.69) is 9.99 Å². The molecule has 16 heavy (non-hydrogen) atoms. The number of phenols is 2. The van der Waals surface area contributed by atoms with Crippen molar-refractivity contribution >= 4 is 17.8 Å². The molecule has 5 nitrogen and oxygen atoms in total. The molecule has 0 saturated carbocycles. The summed E-state index contributed by atoms with van der Waals surface area (Å²) in [5, 5.41) is 22.3. The van der Waals surface area contributed by atoms with Crippen molar-refractivity contribution in [3.05, 3.63) is 29.3 Å². The Hall–Kier alpha value is -2.30. The van der Waals surface area contributed by atoms with Gasteiger partial charge in [0.2, 0.25) is 0 Å². The van der Waals surface area contributed by atoms with Crippen LogP contribution < -0.4 is 0 Å². The third kappa shape index (κ3) is 1.75. The predicted molar refractivity (Wildman–Crippen MR) is 56.9 cm³/mol. The van der Waals surface area contributed by atoms with Gasteiger partial charge in [-0.05, 0) is 31.2 Å². The molecule has 0 aromatic heterocycles. The van der Waals surface area contributed by atoms with Gasteiger partial charge in [0.05, 0.1) is 11.3 Å². The van der Waals surface area contributed by atoms with Crippen molar-refractivity contribution in [3.8, 4) is 11.5 Å². The largest absolute Gasteiger partial charge is 0.508 e. The minimum Gasteiger partial charge on any atom is -0.508 e. The standard InChI is InChI=1S/C11H9NO4/c1-6-9(11(15)16-12-6)5-7-4-8(13)2-3-10(7)14/h2-5,13-14H,1H3/b9-5+. The summed E-state index contributed by atoms with van der Waals surface area (Å²) >= 11 is 0. The van der Waals surface area contributed by atoms with Crippen LogP contribution in [-0.4, -0.2) is 21.9 Å². The molecule has 1 aliphatic rings. The lowest BCUT2D eigenvalue weighted by atomic mass is 10.1. The van der Waals surface area contributed by atoms with Crippen LogP contribution in [-0.2, 0) is 9.63 Å². The molecule has 0 spiro atoms. The van der Waals surface area contributed by atoms with E-state index in [4.69, 9.17) is 0 Å². The SMILES string of the molecule is CC1=NOC(=O)/C1=C/c1cc(O)ccc1O. The number of carbonyl (C=O) groups excluding carboxylic acids is 1. The molecular formula is C11H9NO4. The summed E-state index contributed by atoms with van der Waals surface area (Å²) < 4.78 is 0. The zero-order valence-corrected chi connectivity index (χ0v) is 8.47. The first-order chi connectivity index (χ1) is 7.58. The van der Waals surface area contributed by atoms with Crippen molar-refractivity contribution in [2.75, 3.05) is 0 Å². The third-order valence-electron chi connectivity index (χ3n) is 2.19. The molecular weight excluding hydrogens is 210 g/mol. The molecule has 1 heterocycles. The van der Waals surface area contributed by atoms with Crippen molar-refractivity contribution in [1.29, 1.82) is 0 Å². The number of rotatable bonds is 1. The van der Waals surface area contributed by atoms with Gasteiger partial charge >= 0.3 is 5.97 Å². The van der Waals surface area contributed by atoms with Crippen LogP contribution in [0.5, 0.6) is 11.5 Å². The van der Waals surface area contributed by atoms with Crippen LogP contribution in [0.25, 0.3) is 6.08 Å². The lowest BCUT2D eigenvalue weighted by molar-refractivity contribution is -0.136. The van der Waals surface area contributed by atoms with Gasteiger partial charge < -0.3 is 15.1 Å². The maximum Gasteiger partial charge on any atom is 0.367 e. The molecule has 82 valence electrons. The van der Waals surface area contributed by atoms with Crippen molar-refractivity contribution in [3.63, 3.8) is 0 Å². The van der Waals surface area contributed by atoms with E-state index in [-0.39, 0.29) is 17.1 Å². The maximum absolute atomic E-state index is 11.2. The monoisotopic (exact) mass is 219 g/mol. The number of oxime groups is 1. The lowest BCUT2D eigenvalue weighted by Crippen LogP contribution is -2.01. The van der Waals surface area contributed by atoms with Crippen LogP contribution in [0.15, 0.2) is 28.9 Å². The fraction of sp³-hybridized carbons (Fsp3) is 0.0909. The fourth-order valence-corrected chi connectivity index (χ4v) is 1.33. The van der Waals surface area contributed by atoms with Crippen LogP contribution in [0.3, 0.4) is 0 Å². The van der Waals surface area contributed by atoms with Crippen LogP contribution in [0.4, 0.5) is 0 Å². The van der Waals surface area contributed by atoms with Crippen LogP contribution >= 0.6 is 0 Å². The maximum atomic E-state index is 11.2. The highest BCUT2D eigenvalue weighted by Crippen LogP contribution is 2.26. The third-order valence-corrected chi connectivity index (χ3v) is 2.19. The molecule has 1 aromatic carbocycles. The molecule has 0 unspecified atom stereocenters. The normalized spacial score (nSPS) is 17.4. The van der Waals surface area contributed by atoms with E-state index < -0.39 is 5.97 Å². The average molecular weight is 219 g/mol. The first-order valence-electron chi connectivity index (χ1n) is 4.58. The summed E-state index contributed by atoms with van der Waals surface area (Å²) in [7, 11) is 0. The van der Waals surface area contributed by atoms with E-state index in [1.54, 1.807) is 6.92 Å². The molecule has 0 atom stereocenters. The van der Waals surface area contributed by atoms with Gasteiger partial charge in [-0.25, -0.2) is 4.79 Å². The molecule has 0 radical (unpaired) electrons.